The van der Waals surface area contributed by atoms with Crippen LogP contribution in [0.2, 0.25) is 0 Å². The van der Waals surface area contributed by atoms with Gasteiger partial charge in [0.2, 0.25) is 0 Å². The van der Waals surface area contributed by atoms with Crippen molar-refractivity contribution >= 4 is 12.1 Å². The Balaban J connectivity index is 2.52. The molecular formula is C10H9F3N2O2. The molecule has 17 heavy (non-hydrogen) atoms. The van der Waals surface area contributed by atoms with Crippen molar-refractivity contribution < 1.29 is 22.8 Å². The number of rotatable bonds is 2. The molecule has 0 spiro atoms. The average Bonchev–Trinajstić information content (AvgIpc) is 2.65. The number of carbonyl (C=O) groups excluding carboxylic acids is 2. The molecule has 4 nitrogen and oxygen atoms in total. The second-order valence-electron chi connectivity index (χ2n) is 3.82. The number of Topliss-reactive ketones (excluding diaryl/α,β-unsaturated/α-hetero) is 1. The van der Waals surface area contributed by atoms with Crippen LogP contribution in [-0.4, -0.2) is 27.8 Å². The molecule has 7 heteroatoms. The highest BCUT2D eigenvalue weighted by Gasteiger charge is 2.43. The molecule has 0 radical (unpaired) electrons. The van der Waals surface area contributed by atoms with Crippen LogP contribution in [-0.2, 0) is 13.0 Å². The van der Waals surface area contributed by atoms with Gasteiger partial charge in [0.1, 0.15) is 5.69 Å². The third-order valence-corrected chi connectivity index (χ3v) is 2.73. The first kappa shape index (κ1) is 11.8. The number of nitrogens with zero attached hydrogens (tertiary/aromatic N) is 2. The zero-order valence-corrected chi connectivity index (χ0v) is 8.75. The van der Waals surface area contributed by atoms with Gasteiger partial charge in [-0.05, 0) is 19.3 Å². The molecule has 0 bridgehead atoms. The summed E-state index contributed by atoms with van der Waals surface area (Å²) >= 11 is 0. The number of halogens is 3. The fourth-order valence-electron chi connectivity index (χ4n) is 1.98. The highest BCUT2D eigenvalue weighted by molar-refractivity contribution is 6.00. The number of hydrogen-bond acceptors (Lipinski definition) is 3. The average molecular weight is 246 g/mol. The lowest BCUT2D eigenvalue weighted by Gasteiger charge is -2.15. The van der Waals surface area contributed by atoms with Crippen LogP contribution in [0, 0.1) is 0 Å². The summed E-state index contributed by atoms with van der Waals surface area (Å²) in [5.74, 6) is -2.08. The van der Waals surface area contributed by atoms with Crippen LogP contribution in [0.3, 0.4) is 0 Å². The normalized spacial score (nSPS) is 15.5. The molecule has 2 heterocycles. The van der Waals surface area contributed by atoms with Crippen molar-refractivity contribution in [1.82, 2.24) is 9.55 Å². The number of aldehydes is 1. The third-order valence-electron chi connectivity index (χ3n) is 2.73. The van der Waals surface area contributed by atoms with Gasteiger partial charge in [0.15, 0.2) is 12.1 Å². The Hall–Kier alpha value is -1.66. The number of imidazole rings is 1. The van der Waals surface area contributed by atoms with E-state index in [1.807, 2.05) is 0 Å². The second kappa shape index (κ2) is 3.97. The number of carbonyl (C=O) groups is 2. The van der Waals surface area contributed by atoms with Crippen LogP contribution in [0.5, 0.6) is 0 Å². The predicted octanol–water partition coefficient (Wildman–Crippen LogP) is 1.78. The van der Waals surface area contributed by atoms with E-state index < -0.39 is 17.7 Å². The standard InChI is InChI=1S/C10H9F3N2O2/c11-10(12,13)9(17)8-6-3-1-2-4-15(6)7(5-16)14-8/h5H,1-4H2. The molecule has 1 aliphatic heterocycles. The van der Waals surface area contributed by atoms with Gasteiger partial charge in [0, 0.05) is 12.2 Å². The maximum absolute atomic E-state index is 12.3. The van der Waals surface area contributed by atoms with Gasteiger partial charge in [-0.2, -0.15) is 13.2 Å². The molecule has 1 aliphatic rings. The molecule has 0 saturated heterocycles. The van der Waals surface area contributed by atoms with Gasteiger partial charge in [-0.25, -0.2) is 4.98 Å². The molecule has 0 unspecified atom stereocenters. The Morgan fingerprint density at radius 2 is 2.06 bits per heavy atom. The van der Waals surface area contributed by atoms with Crippen molar-refractivity contribution in [2.75, 3.05) is 0 Å². The second-order valence-corrected chi connectivity index (χ2v) is 3.82. The Morgan fingerprint density at radius 3 is 2.65 bits per heavy atom. The molecule has 0 atom stereocenters. The van der Waals surface area contributed by atoms with E-state index in [0.29, 0.717) is 25.7 Å². The Morgan fingerprint density at radius 1 is 1.35 bits per heavy atom. The lowest BCUT2D eigenvalue weighted by Crippen LogP contribution is -2.25. The maximum Gasteiger partial charge on any atom is 0.456 e. The number of ketones is 1. The van der Waals surface area contributed by atoms with E-state index in [4.69, 9.17) is 0 Å². The van der Waals surface area contributed by atoms with Crippen LogP contribution >= 0.6 is 0 Å². The summed E-state index contributed by atoms with van der Waals surface area (Å²) in [4.78, 5) is 25.3. The van der Waals surface area contributed by atoms with Gasteiger partial charge in [0.05, 0.1) is 0 Å². The maximum atomic E-state index is 12.3. The largest absolute Gasteiger partial charge is 0.456 e. The minimum atomic E-state index is -4.95. The molecule has 0 aromatic carbocycles. The van der Waals surface area contributed by atoms with E-state index >= 15 is 0 Å². The lowest BCUT2D eigenvalue weighted by molar-refractivity contribution is -0.0888. The molecule has 2 rings (SSSR count). The monoisotopic (exact) mass is 246 g/mol. The predicted molar refractivity (Wildman–Crippen MR) is 50.9 cm³/mol. The van der Waals surface area contributed by atoms with E-state index in [0.717, 1.165) is 6.42 Å². The van der Waals surface area contributed by atoms with E-state index in [9.17, 15) is 22.8 Å². The van der Waals surface area contributed by atoms with Crippen molar-refractivity contribution in [2.24, 2.45) is 0 Å². The van der Waals surface area contributed by atoms with Gasteiger partial charge in [0.25, 0.3) is 5.78 Å². The molecular weight excluding hydrogens is 237 g/mol. The van der Waals surface area contributed by atoms with Gasteiger partial charge < -0.3 is 4.57 Å². The summed E-state index contributed by atoms with van der Waals surface area (Å²) in [6, 6.07) is 0. The summed E-state index contributed by atoms with van der Waals surface area (Å²) in [6.07, 6.45) is -2.76. The summed E-state index contributed by atoms with van der Waals surface area (Å²) in [6.45, 7) is 0.432. The smallest absolute Gasteiger partial charge is 0.325 e. The van der Waals surface area contributed by atoms with E-state index in [1.165, 1.54) is 4.57 Å². The number of fused-ring (bicyclic) bond motifs is 1. The first-order valence-electron chi connectivity index (χ1n) is 5.11. The van der Waals surface area contributed by atoms with Crippen LogP contribution < -0.4 is 0 Å². The Bertz CT molecular complexity index is 477. The summed E-state index contributed by atoms with van der Waals surface area (Å²) in [5, 5.41) is 0. The SMILES string of the molecule is O=Cc1nc(C(=O)C(F)(F)F)c2n1CCCC2. The molecule has 0 amide bonds. The quantitative estimate of drug-likeness (QED) is 0.590. The first-order valence-corrected chi connectivity index (χ1v) is 5.11. The molecule has 1 aromatic heterocycles. The first-order chi connectivity index (χ1) is 7.95. The topological polar surface area (TPSA) is 52.0 Å². The lowest BCUT2D eigenvalue weighted by atomic mass is 10.1. The van der Waals surface area contributed by atoms with Crippen molar-refractivity contribution in [3.63, 3.8) is 0 Å². The molecule has 0 fully saturated rings. The fourth-order valence-corrected chi connectivity index (χ4v) is 1.98. The summed E-state index contributed by atoms with van der Waals surface area (Å²) < 4.78 is 38.4. The van der Waals surface area contributed by atoms with Crippen LogP contribution in [0.4, 0.5) is 13.2 Å². The Labute approximate surface area is 94.4 Å². The van der Waals surface area contributed by atoms with Crippen LogP contribution in [0.15, 0.2) is 0 Å². The number of aromatic nitrogens is 2. The van der Waals surface area contributed by atoms with Gasteiger partial charge in [-0.3, -0.25) is 9.59 Å². The molecule has 1 aromatic rings. The van der Waals surface area contributed by atoms with Crippen LogP contribution in [0.1, 0.15) is 39.6 Å². The number of hydrogen-bond donors (Lipinski definition) is 0. The zero-order chi connectivity index (χ0) is 12.6. The summed E-state index contributed by atoms with van der Waals surface area (Å²) in [5.41, 5.74) is -0.403. The molecule has 92 valence electrons. The van der Waals surface area contributed by atoms with Crippen molar-refractivity contribution in [2.45, 2.75) is 32.0 Å². The van der Waals surface area contributed by atoms with Gasteiger partial charge in [-0.1, -0.05) is 0 Å². The molecule has 0 N–H and O–H groups in total. The minimum Gasteiger partial charge on any atom is -0.325 e. The highest BCUT2D eigenvalue weighted by atomic mass is 19.4. The van der Waals surface area contributed by atoms with Crippen molar-refractivity contribution in [3.05, 3.63) is 17.2 Å². The van der Waals surface area contributed by atoms with Crippen LogP contribution in [0.25, 0.3) is 0 Å². The van der Waals surface area contributed by atoms with Crippen molar-refractivity contribution in [3.8, 4) is 0 Å². The van der Waals surface area contributed by atoms with Crippen molar-refractivity contribution in [1.29, 1.82) is 0 Å². The van der Waals surface area contributed by atoms with Gasteiger partial charge in [-0.15, -0.1) is 0 Å². The van der Waals surface area contributed by atoms with E-state index in [-0.39, 0.29) is 11.5 Å². The summed E-state index contributed by atoms with van der Waals surface area (Å²) in [7, 11) is 0. The Kier molecular flexibility index (Phi) is 2.76. The number of alkyl halides is 3. The highest BCUT2D eigenvalue weighted by Crippen LogP contribution is 2.26. The molecule has 0 saturated carbocycles. The molecule has 0 aliphatic carbocycles. The fraction of sp³-hybridized carbons (Fsp3) is 0.500. The minimum absolute atomic E-state index is 0.104. The van der Waals surface area contributed by atoms with E-state index in [1.54, 1.807) is 0 Å². The van der Waals surface area contributed by atoms with Gasteiger partial charge >= 0.3 is 6.18 Å². The third kappa shape index (κ3) is 1.96. The zero-order valence-electron chi connectivity index (χ0n) is 8.75. The van der Waals surface area contributed by atoms with E-state index in [2.05, 4.69) is 4.98 Å².